The third-order valence-electron chi connectivity index (χ3n) is 3.82. The highest BCUT2D eigenvalue weighted by atomic mass is 32.2. The molecule has 0 bridgehead atoms. The van der Waals surface area contributed by atoms with E-state index < -0.39 is 10.0 Å². The Labute approximate surface area is 129 Å². The molecule has 0 saturated carbocycles. The van der Waals surface area contributed by atoms with Crippen molar-refractivity contribution in [1.82, 2.24) is 19.1 Å². The van der Waals surface area contributed by atoms with Gasteiger partial charge >= 0.3 is 0 Å². The summed E-state index contributed by atoms with van der Waals surface area (Å²) in [5, 5.41) is 4.21. The quantitative estimate of drug-likeness (QED) is 0.825. The van der Waals surface area contributed by atoms with E-state index in [0.29, 0.717) is 17.3 Å². The van der Waals surface area contributed by atoms with Crippen LogP contribution < -0.4 is 4.74 Å². The van der Waals surface area contributed by atoms with Crippen LogP contribution in [0.2, 0.25) is 0 Å². The monoisotopic (exact) mass is 322 g/mol. The lowest BCUT2D eigenvalue weighted by Crippen LogP contribution is -2.33. The average molecular weight is 322 g/mol. The van der Waals surface area contributed by atoms with E-state index >= 15 is 0 Å². The second-order valence-electron chi connectivity index (χ2n) is 5.28. The summed E-state index contributed by atoms with van der Waals surface area (Å²) >= 11 is 0. The van der Waals surface area contributed by atoms with Gasteiger partial charge in [0, 0.05) is 31.9 Å². The smallest absolute Gasteiger partial charge is 0.247 e. The molecule has 8 heteroatoms. The lowest BCUT2D eigenvalue weighted by atomic mass is 10.3. The van der Waals surface area contributed by atoms with Gasteiger partial charge in [0.25, 0.3) is 0 Å². The fraction of sp³-hybridized carbons (Fsp3) is 0.429. The first-order valence-electron chi connectivity index (χ1n) is 6.98. The van der Waals surface area contributed by atoms with Gasteiger partial charge in [0.2, 0.25) is 15.9 Å². The Kier molecular flexibility index (Phi) is 3.65. The molecule has 0 unspecified atom stereocenters. The van der Waals surface area contributed by atoms with Crippen LogP contribution >= 0.6 is 0 Å². The molecule has 7 nitrogen and oxygen atoms in total. The summed E-state index contributed by atoms with van der Waals surface area (Å²) in [7, 11) is -1.88. The molecule has 0 fully saturated rings. The van der Waals surface area contributed by atoms with E-state index in [0.717, 1.165) is 5.56 Å². The molecule has 118 valence electrons. The molecular formula is C14H18N4O3S. The van der Waals surface area contributed by atoms with Crippen LogP contribution in [0, 0.1) is 13.8 Å². The molecule has 0 aliphatic carbocycles. The van der Waals surface area contributed by atoms with E-state index in [1.54, 1.807) is 37.8 Å². The second-order valence-corrected chi connectivity index (χ2v) is 7.15. The van der Waals surface area contributed by atoms with Crippen molar-refractivity contribution in [3.63, 3.8) is 0 Å². The summed E-state index contributed by atoms with van der Waals surface area (Å²) in [6.45, 7) is 4.29. The van der Waals surface area contributed by atoms with Crippen LogP contribution in [-0.4, -0.2) is 40.6 Å². The summed E-state index contributed by atoms with van der Waals surface area (Å²) < 4.78 is 34.6. The second kappa shape index (κ2) is 5.36. The molecule has 0 radical (unpaired) electrons. The minimum Gasteiger partial charge on any atom is -0.476 e. The van der Waals surface area contributed by atoms with E-state index in [9.17, 15) is 8.42 Å². The van der Waals surface area contributed by atoms with Gasteiger partial charge in [-0.3, -0.25) is 4.68 Å². The zero-order valence-electron chi connectivity index (χ0n) is 12.8. The molecule has 1 aliphatic heterocycles. The standard InChI is InChI=1S/C14H18N4O3S/c1-10-13(11(2)17(3)16-10)22(19,20)18-7-8-21-14-12(9-18)5-4-6-15-14/h4-6H,7-9H2,1-3H3. The van der Waals surface area contributed by atoms with Crippen molar-refractivity contribution >= 4 is 10.0 Å². The topological polar surface area (TPSA) is 77.3 Å². The van der Waals surface area contributed by atoms with Gasteiger partial charge in [-0.15, -0.1) is 0 Å². The lowest BCUT2D eigenvalue weighted by Gasteiger charge is -2.19. The highest BCUT2D eigenvalue weighted by Crippen LogP contribution is 2.27. The van der Waals surface area contributed by atoms with Gasteiger partial charge in [-0.05, 0) is 19.9 Å². The third kappa shape index (κ3) is 2.38. The molecular weight excluding hydrogens is 304 g/mol. The van der Waals surface area contributed by atoms with Crippen LogP contribution in [0.1, 0.15) is 17.0 Å². The Balaban J connectivity index is 2.03. The summed E-state index contributed by atoms with van der Waals surface area (Å²) in [5.74, 6) is 0.500. The lowest BCUT2D eigenvalue weighted by molar-refractivity contribution is 0.285. The van der Waals surface area contributed by atoms with Gasteiger partial charge in [0.1, 0.15) is 11.5 Å². The van der Waals surface area contributed by atoms with Crippen molar-refractivity contribution < 1.29 is 13.2 Å². The summed E-state index contributed by atoms with van der Waals surface area (Å²) in [4.78, 5) is 4.43. The van der Waals surface area contributed by atoms with Crippen LogP contribution in [0.4, 0.5) is 0 Å². The largest absolute Gasteiger partial charge is 0.476 e. The summed E-state index contributed by atoms with van der Waals surface area (Å²) in [5.41, 5.74) is 1.91. The van der Waals surface area contributed by atoms with Crippen molar-refractivity contribution in [3.8, 4) is 5.88 Å². The molecule has 0 saturated heterocycles. The predicted octanol–water partition coefficient (Wildman–Crippen LogP) is 1.02. The average Bonchev–Trinajstić information content (AvgIpc) is 2.66. The van der Waals surface area contributed by atoms with Crippen molar-refractivity contribution in [1.29, 1.82) is 0 Å². The molecule has 3 heterocycles. The number of nitrogens with zero attached hydrogens (tertiary/aromatic N) is 4. The van der Waals surface area contributed by atoms with Crippen molar-refractivity contribution in [3.05, 3.63) is 35.3 Å². The Morgan fingerprint density at radius 2 is 2.09 bits per heavy atom. The van der Waals surface area contributed by atoms with E-state index in [4.69, 9.17) is 4.74 Å². The van der Waals surface area contributed by atoms with Crippen molar-refractivity contribution in [2.75, 3.05) is 13.2 Å². The number of hydrogen-bond acceptors (Lipinski definition) is 5. The predicted molar refractivity (Wildman–Crippen MR) is 80.0 cm³/mol. The van der Waals surface area contributed by atoms with Gasteiger partial charge in [0.05, 0.1) is 11.4 Å². The minimum atomic E-state index is -3.63. The van der Waals surface area contributed by atoms with Crippen molar-refractivity contribution in [2.24, 2.45) is 7.05 Å². The van der Waals surface area contributed by atoms with Crippen LogP contribution in [0.5, 0.6) is 5.88 Å². The first-order valence-corrected chi connectivity index (χ1v) is 8.42. The van der Waals surface area contributed by atoms with E-state index in [-0.39, 0.29) is 24.6 Å². The molecule has 0 N–H and O–H groups in total. The van der Waals surface area contributed by atoms with Gasteiger partial charge in [-0.2, -0.15) is 9.40 Å². The fourth-order valence-corrected chi connectivity index (χ4v) is 4.45. The molecule has 2 aromatic heterocycles. The van der Waals surface area contributed by atoms with E-state index in [1.165, 1.54) is 4.31 Å². The number of aryl methyl sites for hydroxylation is 2. The van der Waals surface area contributed by atoms with Crippen LogP contribution in [0.25, 0.3) is 0 Å². The molecule has 2 aromatic rings. The fourth-order valence-electron chi connectivity index (χ4n) is 2.65. The van der Waals surface area contributed by atoms with E-state index in [2.05, 4.69) is 10.1 Å². The molecule has 1 aliphatic rings. The highest BCUT2D eigenvalue weighted by Gasteiger charge is 2.32. The maximum absolute atomic E-state index is 13.0. The van der Waals surface area contributed by atoms with Gasteiger partial charge < -0.3 is 4.74 Å². The van der Waals surface area contributed by atoms with Gasteiger partial charge in [0.15, 0.2) is 0 Å². The molecule has 0 spiro atoms. The van der Waals surface area contributed by atoms with Crippen LogP contribution in [0.3, 0.4) is 0 Å². The third-order valence-corrected chi connectivity index (χ3v) is 5.91. The number of hydrogen-bond donors (Lipinski definition) is 0. The van der Waals surface area contributed by atoms with Crippen molar-refractivity contribution in [2.45, 2.75) is 25.3 Å². The highest BCUT2D eigenvalue weighted by molar-refractivity contribution is 7.89. The van der Waals surface area contributed by atoms with Crippen LogP contribution in [0.15, 0.2) is 23.2 Å². The zero-order valence-corrected chi connectivity index (χ0v) is 13.6. The van der Waals surface area contributed by atoms with Crippen LogP contribution in [-0.2, 0) is 23.6 Å². The van der Waals surface area contributed by atoms with Gasteiger partial charge in [-0.1, -0.05) is 6.07 Å². The number of aromatic nitrogens is 3. The normalized spacial score (nSPS) is 16.0. The maximum Gasteiger partial charge on any atom is 0.247 e. The molecule has 3 rings (SSSR count). The molecule has 22 heavy (non-hydrogen) atoms. The number of rotatable bonds is 2. The first-order chi connectivity index (χ1) is 10.4. The summed E-state index contributed by atoms with van der Waals surface area (Å²) in [6, 6.07) is 3.61. The van der Waals surface area contributed by atoms with E-state index in [1.807, 2.05) is 6.07 Å². The number of fused-ring (bicyclic) bond motifs is 1. The number of sulfonamides is 1. The Morgan fingerprint density at radius 1 is 1.32 bits per heavy atom. The first kappa shape index (κ1) is 15.0. The Bertz CT molecular complexity index is 813. The zero-order chi connectivity index (χ0) is 15.9. The summed E-state index contributed by atoms with van der Waals surface area (Å²) in [6.07, 6.45) is 1.64. The van der Waals surface area contributed by atoms with Gasteiger partial charge in [-0.25, -0.2) is 13.4 Å². The SMILES string of the molecule is Cc1nn(C)c(C)c1S(=O)(=O)N1CCOc2ncccc2C1. The minimum absolute atomic E-state index is 0.249. The molecule has 0 amide bonds. The molecule has 0 aromatic carbocycles. The Morgan fingerprint density at radius 3 is 2.77 bits per heavy atom. The Hall–Kier alpha value is -1.93. The molecule has 0 atom stereocenters. The number of pyridine rings is 1. The number of ether oxygens (including phenoxy) is 1. The maximum atomic E-state index is 13.0.